The number of hydrogen-bond acceptors (Lipinski definition) is 0. The van der Waals surface area contributed by atoms with Gasteiger partial charge in [0.25, 0.3) is 0 Å². The Labute approximate surface area is 195 Å². The Morgan fingerprint density at radius 3 is 2.19 bits per heavy atom. The molecular formula is C31H40N+. The topological polar surface area (TPSA) is 3.88 Å². The van der Waals surface area contributed by atoms with Crippen LogP contribution in [-0.2, 0) is 12.0 Å². The van der Waals surface area contributed by atoms with Crippen LogP contribution in [-0.4, -0.2) is 0 Å². The van der Waals surface area contributed by atoms with E-state index in [0.29, 0.717) is 5.92 Å². The van der Waals surface area contributed by atoms with Crippen molar-refractivity contribution in [1.82, 2.24) is 0 Å². The molecule has 0 radical (unpaired) electrons. The van der Waals surface area contributed by atoms with Crippen molar-refractivity contribution < 1.29 is 4.57 Å². The summed E-state index contributed by atoms with van der Waals surface area (Å²) >= 11 is 0. The van der Waals surface area contributed by atoms with E-state index in [1.54, 1.807) is 5.56 Å². The van der Waals surface area contributed by atoms with E-state index in [1.807, 2.05) is 0 Å². The lowest BCUT2D eigenvalue weighted by Gasteiger charge is -2.40. The Hall–Kier alpha value is -2.41. The van der Waals surface area contributed by atoms with Crippen molar-refractivity contribution in [1.29, 1.82) is 0 Å². The SMILES string of the molecule is CCCCCCc1cc2[n+](cc1-c1ccccc1)C(CC)(CC)C(CC)c1ccccc1-2. The van der Waals surface area contributed by atoms with E-state index in [0.717, 1.165) is 19.3 Å². The van der Waals surface area contributed by atoms with Gasteiger partial charge in [0.1, 0.15) is 0 Å². The quantitative estimate of drug-likeness (QED) is 0.239. The highest BCUT2D eigenvalue weighted by molar-refractivity contribution is 5.71. The van der Waals surface area contributed by atoms with E-state index in [9.17, 15) is 0 Å². The molecule has 1 aliphatic heterocycles. The number of hydrogen-bond donors (Lipinski definition) is 0. The average Bonchev–Trinajstić information content (AvgIpc) is 2.86. The number of rotatable bonds is 9. The molecule has 0 spiro atoms. The number of aryl methyl sites for hydroxylation is 1. The van der Waals surface area contributed by atoms with Crippen LogP contribution in [0, 0.1) is 0 Å². The van der Waals surface area contributed by atoms with Crippen molar-refractivity contribution in [3.05, 3.63) is 78.0 Å². The standard InChI is InChI=1S/C31H40N/c1-5-9-10-12-19-25-22-30-27-21-16-15-20-26(27)29(6-2)31(7-3,8-4)32(30)23-28(25)24-17-13-11-14-18-24/h11,13-18,20-23,29H,5-10,12,19H2,1-4H3/q+1. The van der Waals surface area contributed by atoms with Crippen molar-refractivity contribution in [2.45, 2.75) is 90.5 Å². The summed E-state index contributed by atoms with van der Waals surface area (Å²) in [5.41, 5.74) is 8.80. The largest absolute Gasteiger partial charge is 0.213 e. The summed E-state index contributed by atoms with van der Waals surface area (Å²) in [5, 5.41) is 0. The second kappa shape index (κ2) is 10.0. The van der Waals surface area contributed by atoms with Crippen LogP contribution in [0.4, 0.5) is 0 Å². The minimum Gasteiger partial charge on any atom is -0.192 e. The van der Waals surface area contributed by atoms with Crippen LogP contribution < -0.4 is 4.57 Å². The van der Waals surface area contributed by atoms with Crippen LogP contribution in [0.3, 0.4) is 0 Å². The molecule has 1 atom stereocenters. The van der Waals surface area contributed by atoms with Gasteiger partial charge in [-0.1, -0.05) is 95.5 Å². The Kier molecular flexibility index (Phi) is 7.13. The molecule has 4 rings (SSSR count). The summed E-state index contributed by atoms with van der Waals surface area (Å²) in [7, 11) is 0. The van der Waals surface area contributed by atoms with E-state index in [-0.39, 0.29) is 5.54 Å². The molecule has 1 aliphatic rings. The second-order valence-corrected chi connectivity index (χ2v) is 9.50. The van der Waals surface area contributed by atoms with Crippen molar-refractivity contribution in [2.24, 2.45) is 0 Å². The number of fused-ring (bicyclic) bond motifs is 3. The van der Waals surface area contributed by atoms with Gasteiger partial charge < -0.3 is 0 Å². The van der Waals surface area contributed by atoms with Crippen LogP contribution in [0.15, 0.2) is 66.9 Å². The summed E-state index contributed by atoms with van der Waals surface area (Å²) in [4.78, 5) is 0. The van der Waals surface area contributed by atoms with Crippen LogP contribution in [0.5, 0.6) is 0 Å². The predicted octanol–water partition coefficient (Wildman–Crippen LogP) is 8.45. The van der Waals surface area contributed by atoms with Crippen molar-refractivity contribution in [3.8, 4) is 22.4 Å². The Morgan fingerprint density at radius 1 is 0.781 bits per heavy atom. The lowest BCUT2D eigenvalue weighted by atomic mass is 9.69. The average molecular weight is 427 g/mol. The first kappa shape index (κ1) is 22.8. The van der Waals surface area contributed by atoms with Crippen LogP contribution in [0.1, 0.15) is 89.7 Å². The molecule has 1 aromatic heterocycles. The first-order chi connectivity index (χ1) is 15.7. The van der Waals surface area contributed by atoms with Crippen LogP contribution in [0.2, 0.25) is 0 Å². The summed E-state index contributed by atoms with van der Waals surface area (Å²) in [6.07, 6.45) is 12.3. The maximum atomic E-state index is 2.68. The first-order valence-corrected chi connectivity index (χ1v) is 12.9. The van der Waals surface area contributed by atoms with E-state index >= 15 is 0 Å². The third-order valence-corrected chi connectivity index (χ3v) is 7.93. The normalized spacial score (nSPS) is 16.4. The maximum Gasteiger partial charge on any atom is 0.213 e. The predicted molar refractivity (Wildman–Crippen MR) is 137 cm³/mol. The molecule has 168 valence electrons. The molecule has 0 saturated heterocycles. The van der Waals surface area contributed by atoms with E-state index < -0.39 is 0 Å². The minimum absolute atomic E-state index is 0.128. The fraction of sp³-hybridized carbons (Fsp3) is 0.452. The molecule has 0 fully saturated rings. The molecule has 1 heteroatoms. The fourth-order valence-electron chi connectivity index (χ4n) is 6.17. The van der Waals surface area contributed by atoms with E-state index in [1.165, 1.54) is 60.1 Å². The van der Waals surface area contributed by atoms with Gasteiger partial charge in [-0.05, 0) is 42.0 Å². The summed E-state index contributed by atoms with van der Waals surface area (Å²) in [6.45, 7) is 9.43. The van der Waals surface area contributed by atoms with Gasteiger partial charge >= 0.3 is 0 Å². The molecule has 32 heavy (non-hydrogen) atoms. The Morgan fingerprint density at radius 2 is 1.50 bits per heavy atom. The van der Waals surface area contributed by atoms with Gasteiger partial charge in [-0.2, -0.15) is 4.57 Å². The molecule has 0 aliphatic carbocycles. The number of pyridine rings is 1. The highest BCUT2D eigenvalue weighted by Crippen LogP contribution is 2.47. The molecule has 1 unspecified atom stereocenters. The highest BCUT2D eigenvalue weighted by atomic mass is 15.1. The molecule has 0 saturated carbocycles. The molecular weight excluding hydrogens is 386 g/mol. The van der Waals surface area contributed by atoms with Gasteiger partial charge in [0.2, 0.25) is 5.69 Å². The van der Waals surface area contributed by atoms with Crippen LogP contribution >= 0.6 is 0 Å². The molecule has 2 heterocycles. The van der Waals surface area contributed by atoms with E-state index in [2.05, 4.69) is 99.1 Å². The molecule has 0 bridgehead atoms. The molecule has 2 aromatic carbocycles. The molecule has 1 nitrogen and oxygen atoms in total. The van der Waals surface area contributed by atoms with E-state index in [4.69, 9.17) is 0 Å². The third-order valence-electron chi connectivity index (χ3n) is 7.93. The number of unbranched alkanes of at least 4 members (excludes halogenated alkanes) is 3. The zero-order chi connectivity index (χ0) is 22.6. The molecule has 0 N–H and O–H groups in total. The van der Waals surface area contributed by atoms with Crippen molar-refractivity contribution >= 4 is 0 Å². The van der Waals surface area contributed by atoms with Gasteiger partial charge in [0.15, 0.2) is 11.7 Å². The Balaban J connectivity index is 1.95. The first-order valence-electron chi connectivity index (χ1n) is 12.9. The van der Waals surface area contributed by atoms with Gasteiger partial charge in [-0.15, -0.1) is 0 Å². The molecule has 3 aromatic rings. The van der Waals surface area contributed by atoms with Gasteiger partial charge in [-0.25, -0.2) is 0 Å². The van der Waals surface area contributed by atoms with Gasteiger partial charge in [0.05, 0.1) is 0 Å². The highest BCUT2D eigenvalue weighted by Gasteiger charge is 2.50. The van der Waals surface area contributed by atoms with Gasteiger partial charge in [-0.3, -0.25) is 0 Å². The Bertz CT molecular complexity index is 1030. The lowest BCUT2D eigenvalue weighted by Crippen LogP contribution is -2.62. The fourth-order valence-corrected chi connectivity index (χ4v) is 6.17. The lowest BCUT2D eigenvalue weighted by molar-refractivity contribution is -0.762. The van der Waals surface area contributed by atoms with Crippen LogP contribution in [0.25, 0.3) is 22.4 Å². The zero-order valence-corrected chi connectivity index (χ0v) is 20.5. The third kappa shape index (κ3) is 3.91. The van der Waals surface area contributed by atoms with Gasteiger partial charge in [0, 0.05) is 36.0 Å². The zero-order valence-electron chi connectivity index (χ0n) is 20.5. The summed E-state index contributed by atoms with van der Waals surface area (Å²) in [6, 6.07) is 22.8. The minimum atomic E-state index is 0.128. The number of benzene rings is 2. The number of aromatic nitrogens is 1. The van der Waals surface area contributed by atoms with Crippen molar-refractivity contribution in [2.75, 3.05) is 0 Å². The summed E-state index contributed by atoms with van der Waals surface area (Å²) < 4.78 is 2.68. The second-order valence-electron chi connectivity index (χ2n) is 9.50. The molecule has 0 amide bonds. The summed E-state index contributed by atoms with van der Waals surface area (Å²) in [5.74, 6) is 0.547. The van der Waals surface area contributed by atoms with Crippen molar-refractivity contribution in [3.63, 3.8) is 0 Å². The smallest absolute Gasteiger partial charge is 0.192 e. The monoisotopic (exact) mass is 426 g/mol. The number of nitrogens with zero attached hydrogens (tertiary/aromatic N) is 1. The maximum absolute atomic E-state index is 2.68.